The number of aliphatic hydroxyl groups is 1. The fourth-order valence-electron chi connectivity index (χ4n) is 1.43. The van der Waals surface area contributed by atoms with Crippen LogP contribution >= 0.6 is 0 Å². The summed E-state index contributed by atoms with van der Waals surface area (Å²) in [4.78, 5) is 10.5. The molecule has 0 unspecified atom stereocenters. The summed E-state index contributed by atoms with van der Waals surface area (Å²) in [7, 11) is 0. The van der Waals surface area contributed by atoms with Crippen LogP contribution in [-0.2, 0) is 9.53 Å². The van der Waals surface area contributed by atoms with Gasteiger partial charge in [-0.3, -0.25) is 4.79 Å². The van der Waals surface area contributed by atoms with Gasteiger partial charge in [-0.1, -0.05) is 6.42 Å². The average molecular weight is 158 g/mol. The normalized spacial score (nSPS) is 31.5. The Hall–Kier alpha value is -0.570. The zero-order valence-electron chi connectivity index (χ0n) is 6.75. The summed E-state index contributed by atoms with van der Waals surface area (Å²) in [5, 5.41) is 9.34. The van der Waals surface area contributed by atoms with Gasteiger partial charge in [0.15, 0.2) is 0 Å². The van der Waals surface area contributed by atoms with Crippen LogP contribution in [0.2, 0.25) is 0 Å². The standard InChI is InChI=1S/C8H14O3/c1-6(9)11-8-5-3-2-4-7(8)10/h7-8,10H,2-5H2,1H3/t7-,8-/m0/s1. The Labute approximate surface area is 66.4 Å². The third-order valence-electron chi connectivity index (χ3n) is 1.99. The van der Waals surface area contributed by atoms with Crippen molar-refractivity contribution in [3.63, 3.8) is 0 Å². The molecule has 0 bridgehead atoms. The first-order valence-electron chi connectivity index (χ1n) is 4.05. The van der Waals surface area contributed by atoms with Gasteiger partial charge in [-0.25, -0.2) is 0 Å². The third-order valence-corrected chi connectivity index (χ3v) is 1.99. The summed E-state index contributed by atoms with van der Waals surface area (Å²) < 4.78 is 4.91. The van der Waals surface area contributed by atoms with E-state index < -0.39 is 6.10 Å². The Bertz CT molecular complexity index is 144. The quantitative estimate of drug-likeness (QED) is 0.575. The molecule has 1 N–H and O–H groups in total. The van der Waals surface area contributed by atoms with Crippen LogP contribution < -0.4 is 0 Å². The summed E-state index contributed by atoms with van der Waals surface area (Å²) in [6, 6.07) is 0. The molecule has 0 aromatic heterocycles. The molecule has 1 aliphatic rings. The van der Waals surface area contributed by atoms with Crippen LogP contribution in [0.3, 0.4) is 0 Å². The van der Waals surface area contributed by atoms with Crippen LogP contribution in [0.25, 0.3) is 0 Å². The second kappa shape index (κ2) is 3.72. The van der Waals surface area contributed by atoms with Gasteiger partial charge in [0, 0.05) is 6.92 Å². The summed E-state index contributed by atoms with van der Waals surface area (Å²) in [6.07, 6.45) is 2.97. The Morgan fingerprint density at radius 1 is 1.45 bits per heavy atom. The first-order valence-corrected chi connectivity index (χ1v) is 4.05. The topological polar surface area (TPSA) is 46.5 Å². The first-order chi connectivity index (χ1) is 5.20. The molecule has 64 valence electrons. The van der Waals surface area contributed by atoms with Gasteiger partial charge >= 0.3 is 5.97 Å². The summed E-state index contributed by atoms with van der Waals surface area (Å²) in [5.74, 6) is -0.295. The summed E-state index contributed by atoms with van der Waals surface area (Å²) in [6.45, 7) is 1.38. The first kappa shape index (κ1) is 8.53. The molecule has 11 heavy (non-hydrogen) atoms. The molecule has 2 atom stereocenters. The van der Waals surface area contributed by atoms with E-state index in [1.807, 2.05) is 0 Å². The zero-order valence-corrected chi connectivity index (χ0v) is 6.75. The molecule has 0 aromatic rings. The Morgan fingerprint density at radius 2 is 2.09 bits per heavy atom. The highest BCUT2D eigenvalue weighted by molar-refractivity contribution is 5.66. The van der Waals surface area contributed by atoms with E-state index in [1.165, 1.54) is 6.92 Å². The fraction of sp³-hybridized carbons (Fsp3) is 0.875. The van der Waals surface area contributed by atoms with Crippen LogP contribution in [0.5, 0.6) is 0 Å². The predicted molar refractivity (Wildman–Crippen MR) is 40.0 cm³/mol. The van der Waals surface area contributed by atoms with Gasteiger partial charge in [0.25, 0.3) is 0 Å². The lowest BCUT2D eigenvalue weighted by Crippen LogP contribution is -2.33. The number of aliphatic hydroxyl groups excluding tert-OH is 1. The lowest BCUT2D eigenvalue weighted by atomic mass is 9.95. The highest BCUT2D eigenvalue weighted by atomic mass is 16.6. The number of hydrogen-bond donors (Lipinski definition) is 1. The SMILES string of the molecule is CC(=O)O[C@H]1CCCC[C@@H]1O. The molecule has 0 heterocycles. The number of carbonyl (C=O) groups excluding carboxylic acids is 1. The Balaban J connectivity index is 2.35. The molecule has 0 aromatic carbocycles. The number of esters is 1. The van der Waals surface area contributed by atoms with E-state index in [0.29, 0.717) is 0 Å². The predicted octanol–water partition coefficient (Wildman–Crippen LogP) is 0.853. The molecule has 1 rings (SSSR count). The molecule has 3 heteroatoms. The number of rotatable bonds is 1. The molecular formula is C8H14O3. The van der Waals surface area contributed by atoms with Crippen molar-refractivity contribution >= 4 is 5.97 Å². The lowest BCUT2D eigenvalue weighted by molar-refractivity contribution is -0.154. The van der Waals surface area contributed by atoms with Crippen molar-refractivity contribution in [2.45, 2.75) is 44.8 Å². The van der Waals surface area contributed by atoms with Crippen molar-refractivity contribution in [2.24, 2.45) is 0 Å². The zero-order chi connectivity index (χ0) is 8.27. The number of ether oxygens (including phenoxy) is 1. The molecule has 0 saturated heterocycles. The maximum atomic E-state index is 10.5. The molecule has 0 amide bonds. The Morgan fingerprint density at radius 3 is 2.64 bits per heavy atom. The fourth-order valence-corrected chi connectivity index (χ4v) is 1.43. The van der Waals surface area contributed by atoms with Crippen LogP contribution in [0, 0.1) is 0 Å². The molecule has 1 fully saturated rings. The summed E-state index contributed by atoms with van der Waals surface area (Å²) in [5.41, 5.74) is 0. The van der Waals surface area contributed by atoms with Gasteiger partial charge < -0.3 is 9.84 Å². The average Bonchev–Trinajstić information content (AvgIpc) is 1.93. The van der Waals surface area contributed by atoms with Crippen LogP contribution in [0.15, 0.2) is 0 Å². The largest absolute Gasteiger partial charge is 0.460 e. The van der Waals surface area contributed by atoms with Crippen LogP contribution in [0.4, 0.5) is 0 Å². The van der Waals surface area contributed by atoms with Crippen molar-refractivity contribution < 1.29 is 14.6 Å². The van der Waals surface area contributed by atoms with Gasteiger partial charge in [-0.2, -0.15) is 0 Å². The highest BCUT2D eigenvalue weighted by Gasteiger charge is 2.24. The molecular weight excluding hydrogens is 144 g/mol. The van der Waals surface area contributed by atoms with Gasteiger partial charge in [-0.15, -0.1) is 0 Å². The van der Waals surface area contributed by atoms with E-state index >= 15 is 0 Å². The van der Waals surface area contributed by atoms with Crippen LogP contribution in [0.1, 0.15) is 32.6 Å². The maximum Gasteiger partial charge on any atom is 0.302 e. The van der Waals surface area contributed by atoms with Crippen molar-refractivity contribution in [3.8, 4) is 0 Å². The minimum absolute atomic E-state index is 0.249. The van der Waals surface area contributed by atoms with Crippen molar-refractivity contribution in [1.29, 1.82) is 0 Å². The minimum Gasteiger partial charge on any atom is -0.460 e. The van der Waals surface area contributed by atoms with Gasteiger partial charge in [-0.05, 0) is 19.3 Å². The van der Waals surface area contributed by atoms with E-state index in [0.717, 1.165) is 25.7 Å². The molecule has 3 nitrogen and oxygen atoms in total. The molecule has 0 radical (unpaired) electrons. The molecule has 0 spiro atoms. The third kappa shape index (κ3) is 2.50. The van der Waals surface area contributed by atoms with E-state index in [-0.39, 0.29) is 12.1 Å². The summed E-state index contributed by atoms with van der Waals surface area (Å²) >= 11 is 0. The van der Waals surface area contributed by atoms with E-state index in [2.05, 4.69) is 0 Å². The van der Waals surface area contributed by atoms with Gasteiger partial charge in [0.2, 0.25) is 0 Å². The van der Waals surface area contributed by atoms with E-state index in [1.54, 1.807) is 0 Å². The number of carbonyl (C=O) groups is 1. The molecule has 0 aliphatic heterocycles. The second-order valence-corrected chi connectivity index (χ2v) is 3.00. The maximum absolute atomic E-state index is 10.5. The highest BCUT2D eigenvalue weighted by Crippen LogP contribution is 2.20. The van der Waals surface area contributed by atoms with Crippen molar-refractivity contribution in [3.05, 3.63) is 0 Å². The minimum atomic E-state index is -0.437. The van der Waals surface area contributed by atoms with Crippen molar-refractivity contribution in [1.82, 2.24) is 0 Å². The van der Waals surface area contributed by atoms with E-state index in [4.69, 9.17) is 4.74 Å². The Kier molecular flexibility index (Phi) is 2.88. The van der Waals surface area contributed by atoms with Crippen molar-refractivity contribution in [2.75, 3.05) is 0 Å². The van der Waals surface area contributed by atoms with E-state index in [9.17, 15) is 9.90 Å². The second-order valence-electron chi connectivity index (χ2n) is 3.00. The smallest absolute Gasteiger partial charge is 0.302 e. The van der Waals surface area contributed by atoms with Crippen LogP contribution in [-0.4, -0.2) is 23.3 Å². The lowest BCUT2D eigenvalue weighted by Gasteiger charge is -2.26. The molecule has 1 aliphatic carbocycles. The van der Waals surface area contributed by atoms with Gasteiger partial charge in [0.1, 0.15) is 6.10 Å². The van der Waals surface area contributed by atoms with Gasteiger partial charge in [0.05, 0.1) is 6.10 Å². The monoisotopic (exact) mass is 158 g/mol. The number of hydrogen-bond acceptors (Lipinski definition) is 3. The molecule has 1 saturated carbocycles.